The van der Waals surface area contributed by atoms with E-state index < -0.39 is 0 Å². The van der Waals surface area contributed by atoms with Crippen LogP contribution in [0, 0.1) is 13.8 Å². The molecule has 0 spiro atoms. The van der Waals surface area contributed by atoms with E-state index in [0.717, 1.165) is 17.0 Å². The molecule has 0 saturated carbocycles. The Labute approximate surface area is 74.2 Å². The van der Waals surface area contributed by atoms with Crippen LogP contribution in [0.2, 0.25) is 0 Å². The SMILES string of the molecule is Cc1[nH]ncc1-c1c(C)[nH][nH]c1=O. The molecule has 68 valence electrons. The van der Waals surface area contributed by atoms with Crippen LogP contribution in [0.5, 0.6) is 0 Å². The second-order valence-corrected chi connectivity index (χ2v) is 2.99. The molecule has 2 aromatic rings. The predicted molar refractivity (Wildman–Crippen MR) is 48.5 cm³/mol. The van der Waals surface area contributed by atoms with Crippen molar-refractivity contribution in [2.45, 2.75) is 13.8 Å². The number of aromatic amines is 3. The van der Waals surface area contributed by atoms with Gasteiger partial charge in [0.05, 0.1) is 11.8 Å². The van der Waals surface area contributed by atoms with Gasteiger partial charge in [0.2, 0.25) is 0 Å². The summed E-state index contributed by atoms with van der Waals surface area (Å²) in [6.45, 7) is 3.73. The van der Waals surface area contributed by atoms with Gasteiger partial charge in [-0.1, -0.05) is 0 Å². The molecule has 0 unspecified atom stereocenters. The minimum absolute atomic E-state index is 0.109. The Morgan fingerprint density at radius 2 is 2.00 bits per heavy atom. The van der Waals surface area contributed by atoms with Gasteiger partial charge < -0.3 is 5.10 Å². The Kier molecular flexibility index (Phi) is 1.58. The molecule has 5 heteroatoms. The van der Waals surface area contributed by atoms with E-state index in [-0.39, 0.29) is 5.56 Å². The minimum atomic E-state index is -0.109. The molecule has 2 aromatic heterocycles. The Morgan fingerprint density at radius 1 is 1.23 bits per heavy atom. The van der Waals surface area contributed by atoms with E-state index in [2.05, 4.69) is 20.4 Å². The number of hydrogen-bond acceptors (Lipinski definition) is 2. The van der Waals surface area contributed by atoms with Gasteiger partial charge in [-0.05, 0) is 13.8 Å². The van der Waals surface area contributed by atoms with Crippen molar-refractivity contribution in [1.29, 1.82) is 0 Å². The largest absolute Gasteiger partial charge is 0.302 e. The average Bonchev–Trinajstić information content (AvgIpc) is 2.60. The molecular weight excluding hydrogens is 168 g/mol. The van der Waals surface area contributed by atoms with Gasteiger partial charge in [0.25, 0.3) is 5.56 Å². The Hall–Kier alpha value is -1.78. The quantitative estimate of drug-likeness (QED) is 0.601. The Bertz CT molecular complexity index is 476. The molecule has 0 bridgehead atoms. The molecule has 0 aliphatic rings. The molecule has 0 aliphatic heterocycles. The fourth-order valence-electron chi connectivity index (χ4n) is 1.37. The maximum atomic E-state index is 11.4. The van der Waals surface area contributed by atoms with Gasteiger partial charge in [0.15, 0.2) is 0 Å². The molecule has 5 nitrogen and oxygen atoms in total. The van der Waals surface area contributed by atoms with Gasteiger partial charge in [-0.15, -0.1) is 0 Å². The number of aryl methyl sites for hydroxylation is 2. The van der Waals surface area contributed by atoms with Crippen molar-refractivity contribution in [3.05, 3.63) is 27.9 Å². The molecule has 2 rings (SSSR count). The van der Waals surface area contributed by atoms with Crippen LogP contribution in [-0.4, -0.2) is 20.4 Å². The first-order chi connectivity index (χ1) is 6.20. The fraction of sp³-hybridized carbons (Fsp3) is 0.250. The highest BCUT2D eigenvalue weighted by Gasteiger charge is 2.11. The van der Waals surface area contributed by atoms with E-state index in [0.29, 0.717) is 5.56 Å². The van der Waals surface area contributed by atoms with Crippen LogP contribution in [0.4, 0.5) is 0 Å². The van der Waals surface area contributed by atoms with Crippen molar-refractivity contribution in [3.63, 3.8) is 0 Å². The van der Waals surface area contributed by atoms with E-state index in [9.17, 15) is 4.79 Å². The summed E-state index contributed by atoms with van der Waals surface area (Å²) in [7, 11) is 0. The number of aromatic nitrogens is 4. The standard InChI is InChI=1S/C8H10N4O/c1-4-6(3-9-10-4)7-5(2)11-12-8(7)13/h3H,1-2H3,(H,9,10)(H2,11,12,13). The summed E-state index contributed by atoms with van der Waals surface area (Å²) >= 11 is 0. The highest BCUT2D eigenvalue weighted by atomic mass is 16.1. The van der Waals surface area contributed by atoms with Crippen molar-refractivity contribution in [3.8, 4) is 11.1 Å². The number of nitrogens with zero attached hydrogens (tertiary/aromatic N) is 1. The van der Waals surface area contributed by atoms with Crippen LogP contribution < -0.4 is 5.56 Å². The summed E-state index contributed by atoms with van der Waals surface area (Å²) in [5.41, 5.74) is 3.12. The van der Waals surface area contributed by atoms with Crippen LogP contribution >= 0.6 is 0 Å². The molecule has 0 saturated heterocycles. The van der Waals surface area contributed by atoms with Crippen molar-refractivity contribution < 1.29 is 0 Å². The topological polar surface area (TPSA) is 77.3 Å². The maximum Gasteiger partial charge on any atom is 0.272 e. The Balaban J connectivity index is 2.71. The summed E-state index contributed by atoms with van der Waals surface area (Å²) in [4.78, 5) is 11.4. The van der Waals surface area contributed by atoms with E-state index in [1.165, 1.54) is 0 Å². The zero-order valence-electron chi connectivity index (χ0n) is 7.43. The third-order valence-electron chi connectivity index (χ3n) is 2.06. The highest BCUT2D eigenvalue weighted by molar-refractivity contribution is 5.66. The van der Waals surface area contributed by atoms with E-state index in [1.54, 1.807) is 6.20 Å². The summed E-state index contributed by atoms with van der Waals surface area (Å²) in [6, 6.07) is 0. The van der Waals surface area contributed by atoms with Gasteiger partial charge in [0, 0.05) is 17.0 Å². The van der Waals surface area contributed by atoms with Crippen LogP contribution in [0.3, 0.4) is 0 Å². The lowest BCUT2D eigenvalue weighted by atomic mass is 10.1. The van der Waals surface area contributed by atoms with E-state index in [4.69, 9.17) is 0 Å². The smallest absolute Gasteiger partial charge is 0.272 e. The van der Waals surface area contributed by atoms with Gasteiger partial charge in [-0.3, -0.25) is 15.0 Å². The molecule has 0 aliphatic carbocycles. The van der Waals surface area contributed by atoms with Gasteiger partial charge in [-0.2, -0.15) is 5.10 Å². The summed E-state index contributed by atoms with van der Waals surface area (Å²) in [5, 5.41) is 12.0. The third kappa shape index (κ3) is 1.09. The van der Waals surface area contributed by atoms with Crippen LogP contribution in [0.25, 0.3) is 11.1 Å². The molecule has 0 aromatic carbocycles. The minimum Gasteiger partial charge on any atom is -0.302 e. The number of nitrogens with one attached hydrogen (secondary N) is 3. The summed E-state index contributed by atoms with van der Waals surface area (Å²) in [6.07, 6.45) is 1.65. The van der Waals surface area contributed by atoms with Crippen LogP contribution in [-0.2, 0) is 0 Å². The first-order valence-electron chi connectivity index (χ1n) is 3.97. The van der Waals surface area contributed by atoms with Gasteiger partial charge in [0.1, 0.15) is 0 Å². The molecule has 0 atom stereocenters. The van der Waals surface area contributed by atoms with Gasteiger partial charge in [-0.25, -0.2) is 0 Å². The van der Waals surface area contributed by atoms with Crippen molar-refractivity contribution in [1.82, 2.24) is 20.4 Å². The third-order valence-corrected chi connectivity index (χ3v) is 2.06. The predicted octanol–water partition coefficient (Wildman–Crippen LogP) is 0.710. The zero-order chi connectivity index (χ0) is 9.42. The molecule has 0 fully saturated rings. The van der Waals surface area contributed by atoms with E-state index >= 15 is 0 Å². The van der Waals surface area contributed by atoms with E-state index in [1.807, 2.05) is 13.8 Å². The number of hydrogen-bond donors (Lipinski definition) is 3. The lowest BCUT2D eigenvalue weighted by Crippen LogP contribution is -2.01. The molecular formula is C8H10N4O. The van der Waals surface area contributed by atoms with Crippen molar-refractivity contribution in [2.75, 3.05) is 0 Å². The lowest BCUT2D eigenvalue weighted by molar-refractivity contribution is 1.02. The average molecular weight is 178 g/mol. The summed E-state index contributed by atoms with van der Waals surface area (Å²) in [5.74, 6) is 0. The maximum absolute atomic E-state index is 11.4. The first-order valence-corrected chi connectivity index (χ1v) is 3.97. The first kappa shape index (κ1) is 7.85. The molecule has 0 radical (unpaired) electrons. The van der Waals surface area contributed by atoms with Crippen LogP contribution in [0.15, 0.2) is 11.0 Å². The van der Waals surface area contributed by atoms with Gasteiger partial charge >= 0.3 is 0 Å². The zero-order valence-corrected chi connectivity index (χ0v) is 7.43. The molecule has 0 amide bonds. The Morgan fingerprint density at radius 3 is 2.46 bits per heavy atom. The fourth-order valence-corrected chi connectivity index (χ4v) is 1.37. The summed E-state index contributed by atoms with van der Waals surface area (Å²) < 4.78 is 0. The highest BCUT2D eigenvalue weighted by Crippen LogP contribution is 2.19. The second kappa shape index (κ2) is 2.62. The molecule has 2 heterocycles. The number of rotatable bonds is 1. The second-order valence-electron chi connectivity index (χ2n) is 2.99. The van der Waals surface area contributed by atoms with Crippen molar-refractivity contribution >= 4 is 0 Å². The normalized spacial score (nSPS) is 10.6. The molecule has 13 heavy (non-hydrogen) atoms. The lowest BCUT2D eigenvalue weighted by Gasteiger charge is -1.93. The van der Waals surface area contributed by atoms with Crippen molar-refractivity contribution in [2.24, 2.45) is 0 Å². The van der Waals surface area contributed by atoms with Crippen LogP contribution in [0.1, 0.15) is 11.4 Å². The molecule has 3 N–H and O–H groups in total. The number of H-pyrrole nitrogens is 3. The monoisotopic (exact) mass is 178 g/mol.